The summed E-state index contributed by atoms with van der Waals surface area (Å²) in [5.41, 5.74) is 0.471. The predicted molar refractivity (Wildman–Crippen MR) is 77.5 cm³/mol. The third-order valence-electron chi connectivity index (χ3n) is 3.78. The van der Waals surface area contributed by atoms with Crippen LogP contribution in [0.2, 0.25) is 0 Å². The molecule has 1 aromatic rings. The maximum atomic E-state index is 13.6. The van der Waals surface area contributed by atoms with Crippen molar-refractivity contribution in [1.82, 2.24) is 10.6 Å². The average molecular weight is 282 g/mol. The highest BCUT2D eigenvalue weighted by Gasteiger charge is 2.37. The highest BCUT2D eigenvalue weighted by molar-refractivity contribution is 5.18. The second-order valence-electron chi connectivity index (χ2n) is 7.11. The van der Waals surface area contributed by atoms with Crippen molar-refractivity contribution in [2.75, 3.05) is 0 Å². The molecule has 0 aliphatic carbocycles. The lowest BCUT2D eigenvalue weighted by Crippen LogP contribution is -2.61. The molecule has 0 saturated carbocycles. The molecule has 1 aliphatic heterocycles. The lowest BCUT2D eigenvalue weighted by atomic mass is 9.79. The van der Waals surface area contributed by atoms with Gasteiger partial charge in [0.2, 0.25) is 0 Å². The van der Waals surface area contributed by atoms with Gasteiger partial charge in [0.05, 0.1) is 0 Å². The van der Waals surface area contributed by atoms with Gasteiger partial charge in [-0.15, -0.1) is 0 Å². The summed E-state index contributed by atoms with van der Waals surface area (Å²) in [4.78, 5) is 0. The van der Waals surface area contributed by atoms with Gasteiger partial charge in [0.25, 0.3) is 0 Å². The molecule has 20 heavy (non-hydrogen) atoms. The van der Waals surface area contributed by atoms with Gasteiger partial charge in [-0.3, -0.25) is 0 Å². The van der Waals surface area contributed by atoms with Crippen molar-refractivity contribution in [1.29, 1.82) is 0 Å². The van der Waals surface area contributed by atoms with Crippen LogP contribution in [0, 0.1) is 11.6 Å². The summed E-state index contributed by atoms with van der Waals surface area (Å²) in [6, 6.07) is 3.89. The Morgan fingerprint density at radius 1 is 1.15 bits per heavy atom. The number of nitrogens with one attached hydrogen (secondary N) is 2. The Bertz CT molecular complexity index is 467. The van der Waals surface area contributed by atoms with E-state index in [1.165, 1.54) is 12.1 Å². The summed E-state index contributed by atoms with van der Waals surface area (Å²) in [5.74, 6) is -0.750. The Balaban J connectivity index is 2.01. The van der Waals surface area contributed by atoms with Crippen LogP contribution in [0.5, 0.6) is 0 Å². The van der Waals surface area contributed by atoms with Gasteiger partial charge in [-0.25, -0.2) is 8.78 Å². The van der Waals surface area contributed by atoms with Crippen LogP contribution < -0.4 is 10.6 Å². The Morgan fingerprint density at radius 2 is 1.75 bits per heavy atom. The van der Waals surface area contributed by atoms with E-state index in [1.807, 2.05) is 0 Å². The predicted octanol–water partition coefficient (Wildman–Crippen LogP) is 3.36. The molecule has 1 aliphatic rings. The number of halogens is 2. The van der Waals surface area contributed by atoms with Gasteiger partial charge < -0.3 is 10.6 Å². The second-order valence-corrected chi connectivity index (χ2v) is 7.11. The average Bonchev–Trinajstić information content (AvgIpc) is 2.26. The van der Waals surface area contributed by atoms with Crippen molar-refractivity contribution in [3.63, 3.8) is 0 Å². The van der Waals surface area contributed by atoms with Crippen LogP contribution in [0.1, 0.15) is 46.1 Å². The van der Waals surface area contributed by atoms with Crippen LogP contribution in [0.15, 0.2) is 18.2 Å². The highest BCUT2D eigenvalue weighted by atomic mass is 19.1. The van der Waals surface area contributed by atoms with Gasteiger partial charge in [-0.1, -0.05) is 0 Å². The maximum absolute atomic E-state index is 13.6. The Labute approximate surface area is 120 Å². The van der Waals surface area contributed by atoms with Gasteiger partial charge in [0.15, 0.2) is 0 Å². The molecule has 2 nitrogen and oxygen atoms in total. The molecule has 4 heteroatoms. The van der Waals surface area contributed by atoms with E-state index in [9.17, 15) is 8.78 Å². The van der Waals surface area contributed by atoms with Crippen molar-refractivity contribution in [2.45, 2.75) is 64.2 Å². The third-order valence-corrected chi connectivity index (χ3v) is 3.78. The molecule has 1 heterocycles. The molecule has 2 rings (SSSR count). The smallest absolute Gasteiger partial charge is 0.127 e. The van der Waals surface area contributed by atoms with Crippen molar-refractivity contribution in [3.8, 4) is 0 Å². The molecule has 0 unspecified atom stereocenters. The van der Waals surface area contributed by atoms with E-state index in [1.54, 1.807) is 0 Å². The minimum Gasteiger partial charge on any atom is -0.310 e. The monoisotopic (exact) mass is 282 g/mol. The fraction of sp³-hybridized carbons (Fsp3) is 0.625. The number of hydrogen-bond acceptors (Lipinski definition) is 2. The summed E-state index contributed by atoms with van der Waals surface area (Å²) >= 11 is 0. The topological polar surface area (TPSA) is 24.1 Å². The first-order valence-electron chi connectivity index (χ1n) is 7.14. The van der Waals surface area contributed by atoms with Gasteiger partial charge in [0, 0.05) is 29.2 Å². The summed E-state index contributed by atoms with van der Waals surface area (Å²) < 4.78 is 26.8. The van der Waals surface area contributed by atoms with Crippen molar-refractivity contribution in [3.05, 3.63) is 35.4 Å². The fourth-order valence-electron chi connectivity index (χ4n) is 3.40. The molecule has 0 bridgehead atoms. The van der Waals surface area contributed by atoms with Gasteiger partial charge in [-0.2, -0.15) is 0 Å². The Kier molecular flexibility index (Phi) is 4.17. The molecule has 0 atom stereocenters. The number of benzene rings is 1. The standard InChI is InChI=1S/C16H24F2N2/c1-15(2)8-13(9-16(3,4)20-15)19-10-11-7-12(17)5-6-14(11)18/h5-7,13,19-20H,8-10H2,1-4H3. The van der Waals surface area contributed by atoms with Crippen LogP contribution in [0.4, 0.5) is 8.78 Å². The van der Waals surface area contributed by atoms with E-state index in [4.69, 9.17) is 0 Å². The molecule has 1 saturated heterocycles. The molecule has 0 aromatic heterocycles. The molecule has 0 spiro atoms. The molecular weight excluding hydrogens is 258 g/mol. The third kappa shape index (κ3) is 4.00. The summed E-state index contributed by atoms with van der Waals surface area (Å²) in [6.45, 7) is 9.05. The molecular formula is C16H24F2N2. The zero-order valence-electron chi connectivity index (χ0n) is 12.7. The van der Waals surface area contributed by atoms with Crippen LogP contribution >= 0.6 is 0 Å². The minimum absolute atomic E-state index is 0.0416. The van der Waals surface area contributed by atoms with Gasteiger partial charge >= 0.3 is 0 Å². The van der Waals surface area contributed by atoms with E-state index in [0.29, 0.717) is 18.2 Å². The molecule has 1 aromatic carbocycles. The Morgan fingerprint density at radius 3 is 2.35 bits per heavy atom. The summed E-state index contributed by atoms with van der Waals surface area (Å²) in [7, 11) is 0. The molecule has 2 N–H and O–H groups in total. The summed E-state index contributed by atoms with van der Waals surface area (Å²) in [6.07, 6.45) is 1.93. The van der Waals surface area contributed by atoms with Gasteiger partial charge in [0.1, 0.15) is 11.6 Å². The van der Waals surface area contributed by atoms with Crippen molar-refractivity contribution in [2.24, 2.45) is 0 Å². The normalized spacial score (nSPS) is 21.9. The highest BCUT2D eigenvalue weighted by Crippen LogP contribution is 2.28. The zero-order valence-corrected chi connectivity index (χ0v) is 12.7. The minimum atomic E-state index is -0.394. The molecule has 0 radical (unpaired) electrons. The summed E-state index contributed by atoms with van der Waals surface area (Å²) in [5, 5.41) is 6.98. The van der Waals surface area contributed by atoms with E-state index in [0.717, 1.165) is 18.9 Å². The molecule has 112 valence electrons. The first-order valence-corrected chi connectivity index (χ1v) is 7.14. The van der Waals surface area contributed by atoms with E-state index < -0.39 is 5.82 Å². The largest absolute Gasteiger partial charge is 0.310 e. The number of hydrogen-bond donors (Lipinski definition) is 2. The number of piperidine rings is 1. The molecule has 0 amide bonds. The first-order chi connectivity index (χ1) is 9.17. The fourth-order valence-corrected chi connectivity index (χ4v) is 3.40. The van der Waals surface area contributed by atoms with E-state index in [2.05, 4.69) is 38.3 Å². The van der Waals surface area contributed by atoms with E-state index >= 15 is 0 Å². The van der Waals surface area contributed by atoms with Gasteiger partial charge in [-0.05, 0) is 58.7 Å². The quantitative estimate of drug-likeness (QED) is 0.888. The molecule has 1 fully saturated rings. The van der Waals surface area contributed by atoms with Crippen LogP contribution in [0.25, 0.3) is 0 Å². The Hall–Kier alpha value is -1.00. The SMILES string of the molecule is CC1(C)CC(NCc2cc(F)ccc2F)CC(C)(C)N1. The van der Waals surface area contributed by atoms with Crippen LogP contribution in [0.3, 0.4) is 0 Å². The number of rotatable bonds is 3. The van der Waals surface area contributed by atoms with E-state index in [-0.39, 0.29) is 16.9 Å². The first kappa shape index (κ1) is 15.4. The lowest BCUT2D eigenvalue weighted by Gasteiger charge is -2.46. The lowest BCUT2D eigenvalue weighted by molar-refractivity contribution is 0.145. The van der Waals surface area contributed by atoms with Crippen molar-refractivity contribution < 1.29 is 8.78 Å². The zero-order chi connectivity index (χ0) is 15.0. The van der Waals surface area contributed by atoms with Crippen molar-refractivity contribution >= 4 is 0 Å². The second kappa shape index (κ2) is 5.41. The van der Waals surface area contributed by atoms with Crippen LogP contribution in [-0.2, 0) is 6.54 Å². The maximum Gasteiger partial charge on any atom is 0.127 e. The van der Waals surface area contributed by atoms with Crippen LogP contribution in [-0.4, -0.2) is 17.1 Å².